The van der Waals surface area contributed by atoms with Crippen molar-refractivity contribution in [3.8, 4) is 0 Å². The number of unbranched alkanes of at least 4 members (excludes halogenated alkanes) is 1. The van der Waals surface area contributed by atoms with Crippen LogP contribution in [0.15, 0.2) is 24.3 Å². The van der Waals surface area contributed by atoms with Crippen LogP contribution in [0.25, 0.3) is 0 Å². The highest BCUT2D eigenvalue weighted by Crippen LogP contribution is 2.48. The highest BCUT2D eigenvalue weighted by Gasteiger charge is 2.45. The Bertz CT molecular complexity index is 629. The van der Waals surface area contributed by atoms with Crippen LogP contribution < -0.4 is 10.0 Å². The average molecular weight is 457 g/mol. The maximum atomic E-state index is 12.0. The molecule has 3 N–H and O–H groups in total. The summed E-state index contributed by atoms with van der Waals surface area (Å²) in [6.45, 7) is 11.1. The molecule has 0 spiro atoms. The molecule has 0 bridgehead atoms. The third-order valence-electron chi connectivity index (χ3n) is 6.13. The van der Waals surface area contributed by atoms with Crippen molar-refractivity contribution >= 4 is 23.0 Å². The Labute approximate surface area is 191 Å². The van der Waals surface area contributed by atoms with Gasteiger partial charge in [-0.1, -0.05) is 44.0 Å². The topological polar surface area (TPSA) is 67.3 Å². The van der Waals surface area contributed by atoms with Gasteiger partial charge in [0.25, 0.3) is 0 Å². The first-order chi connectivity index (χ1) is 14.0. The molecule has 1 aliphatic rings. The van der Waals surface area contributed by atoms with Crippen LogP contribution in [-0.2, 0) is 16.8 Å². The van der Waals surface area contributed by atoms with Crippen LogP contribution in [-0.4, -0.2) is 33.2 Å². The predicted octanol–water partition coefficient (Wildman–Crippen LogP) is 5.31. The Morgan fingerprint density at radius 3 is 2.30 bits per heavy atom. The van der Waals surface area contributed by atoms with E-state index < -0.39 is 17.6 Å². The highest BCUT2D eigenvalue weighted by atomic mass is 35.5. The maximum absolute atomic E-state index is 12.0. The Morgan fingerprint density at radius 2 is 1.80 bits per heavy atom. The monoisotopic (exact) mass is 456 g/mol. The normalized spacial score (nSPS) is 19.4. The number of nitrogens with one attached hydrogen (secondary N) is 2. The number of hydrogen-bond acceptors (Lipinski definition) is 4. The number of aliphatic hydroxyl groups excluding tert-OH is 1. The number of halogens is 1. The molecule has 1 fully saturated rings. The second-order valence-electron chi connectivity index (χ2n) is 10.2. The summed E-state index contributed by atoms with van der Waals surface area (Å²) >= 11 is 5.09. The second kappa shape index (κ2) is 11.5. The van der Waals surface area contributed by atoms with E-state index in [1.54, 1.807) is 0 Å². The third kappa shape index (κ3) is 7.39. The molecule has 6 heteroatoms. The van der Waals surface area contributed by atoms with Crippen molar-refractivity contribution in [3.63, 3.8) is 0 Å². The number of aliphatic hydroxyl groups is 1. The summed E-state index contributed by atoms with van der Waals surface area (Å²) in [4.78, 5) is 0. The molecule has 0 saturated heterocycles. The van der Waals surface area contributed by atoms with Gasteiger partial charge in [0.2, 0.25) is 0 Å². The summed E-state index contributed by atoms with van der Waals surface area (Å²) in [5.74, 6) is 0.552. The Kier molecular flexibility index (Phi) is 9.98. The number of benzene rings is 1. The lowest BCUT2D eigenvalue weighted by Crippen LogP contribution is -2.56. The van der Waals surface area contributed by atoms with Gasteiger partial charge in [-0.25, -0.2) is 0 Å². The molecule has 0 aromatic heterocycles. The molecule has 30 heavy (non-hydrogen) atoms. The van der Waals surface area contributed by atoms with Crippen molar-refractivity contribution in [2.75, 3.05) is 6.54 Å². The standard InChI is InChI=1S/C24H41ClN2O2S/c1-18(2)17-21(24(14-8-15-24)19-10-12-20(25)13-11-19)27-22(28)9-6-7-16-26-30(29)23(3,4)5/h10-13,18,21-22,26-28H,6-9,14-17H2,1-5H3. The van der Waals surface area contributed by atoms with E-state index in [1.165, 1.54) is 12.0 Å². The Morgan fingerprint density at radius 1 is 1.17 bits per heavy atom. The minimum atomic E-state index is -1.03. The zero-order valence-corrected chi connectivity index (χ0v) is 20.9. The molecule has 1 aromatic rings. The van der Waals surface area contributed by atoms with Crippen LogP contribution in [0.5, 0.6) is 0 Å². The summed E-state index contributed by atoms with van der Waals surface area (Å²) in [7, 11) is 0. The molecule has 0 aliphatic heterocycles. The zero-order valence-electron chi connectivity index (χ0n) is 19.3. The minimum absolute atomic E-state index is 0.0843. The first-order valence-electron chi connectivity index (χ1n) is 11.4. The highest BCUT2D eigenvalue weighted by molar-refractivity contribution is 7.90. The molecule has 4 nitrogen and oxygen atoms in total. The molecule has 2 rings (SSSR count). The molecule has 0 amide bonds. The van der Waals surface area contributed by atoms with Gasteiger partial charge in [0.15, 0.2) is 0 Å². The van der Waals surface area contributed by atoms with E-state index in [0.29, 0.717) is 18.9 Å². The second-order valence-corrected chi connectivity index (χ2v) is 12.6. The van der Waals surface area contributed by atoms with Crippen LogP contribution in [0.3, 0.4) is 0 Å². The fourth-order valence-electron chi connectivity index (χ4n) is 4.26. The van der Waals surface area contributed by atoms with Gasteiger partial charge in [0.1, 0.15) is 11.0 Å². The van der Waals surface area contributed by atoms with E-state index in [9.17, 15) is 9.66 Å². The van der Waals surface area contributed by atoms with Crippen molar-refractivity contribution in [2.45, 2.75) is 102 Å². The molecular weight excluding hydrogens is 416 g/mol. The molecule has 0 radical (unpaired) electrons. The minimum Gasteiger partial charge on any atom is -0.598 e. The molecular formula is C24H41ClN2O2S. The maximum Gasteiger partial charge on any atom is 0.136 e. The van der Waals surface area contributed by atoms with Gasteiger partial charge in [-0.3, -0.25) is 5.32 Å². The average Bonchev–Trinajstić information content (AvgIpc) is 2.60. The number of hydrogen-bond donors (Lipinski definition) is 3. The molecule has 1 saturated carbocycles. The third-order valence-corrected chi connectivity index (χ3v) is 7.96. The van der Waals surface area contributed by atoms with E-state index in [4.69, 9.17) is 11.6 Å². The summed E-state index contributed by atoms with van der Waals surface area (Å²) < 4.78 is 14.9. The largest absolute Gasteiger partial charge is 0.598 e. The first kappa shape index (κ1) is 26.0. The van der Waals surface area contributed by atoms with Gasteiger partial charge in [0, 0.05) is 34.4 Å². The molecule has 0 heterocycles. The van der Waals surface area contributed by atoms with Gasteiger partial charge in [-0.15, -0.1) is 4.72 Å². The summed E-state index contributed by atoms with van der Waals surface area (Å²) in [6.07, 6.45) is 6.53. The Balaban J connectivity index is 1.90. The van der Waals surface area contributed by atoms with E-state index in [1.807, 2.05) is 32.9 Å². The SMILES string of the molecule is CC(C)CC(NC(O)CCCCN[S+]([O-])C(C)(C)C)C1(c2ccc(Cl)cc2)CCC1. The first-order valence-corrected chi connectivity index (χ1v) is 12.9. The van der Waals surface area contributed by atoms with Crippen LogP contribution in [0.4, 0.5) is 0 Å². The lowest BCUT2D eigenvalue weighted by atomic mass is 9.58. The van der Waals surface area contributed by atoms with E-state index in [2.05, 4.69) is 36.0 Å². The summed E-state index contributed by atoms with van der Waals surface area (Å²) in [5, 5.41) is 15.1. The summed E-state index contributed by atoms with van der Waals surface area (Å²) in [6, 6.07) is 8.52. The van der Waals surface area contributed by atoms with Gasteiger partial charge in [-0.05, 0) is 82.9 Å². The Hall–Kier alpha value is -0.300. The van der Waals surface area contributed by atoms with Gasteiger partial charge < -0.3 is 9.66 Å². The van der Waals surface area contributed by atoms with Crippen molar-refractivity contribution < 1.29 is 9.66 Å². The summed E-state index contributed by atoms with van der Waals surface area (Å²) in [5.41, 5.74) is 1.42. The molecule has 172 valence electrons. The van der Waals surface area contributed by atoms with Crippen LogP contribution in [0, 0.1) is 5.92 Å². The molecule has 1 aromatic carbocycles. The quantitative estimate of drug-likeness (QED) is 0.226. The van der Waals surface area contributed by atoms with Gasteiger partial charge >= 0.3 is 0 Å². The fraction of sp³-hybridized carbons (Fsp3) is 0.750. The van der Waals surface area contributed by atoms with Gasteiger partial charge in [0.05, 0.1) is 0 Å². The lowest BCUT2D eigenvalue weighted by Gasteiger charge is -2.50. The van der Waals surface area contributed by atoms with Crippen LogP contribution in [0.2, 0.25) is 5.02 Å². The lowest BCUT2D eigenvalue weighted by molar-refractivity contribution is 0.0599. The van der Waals surface area contributed by atoms with E-state index in [-0.39, 0.29) is 16.2 Å². The van der Waals surface area contributed by atoms with Crippen LogP contribution >= 0.6 is 11.6 Å². The van der Waals surface area contributed by atoms with Crippen molar-refractivity contribution in [3.05, 3.63) is 34.9 Å². The van der Waals surface area contributed by atoms with E-state index >= 15 is 0 Å². The zero-order chi connectivity index (χ0) is 22.4. The van der Waals surface area contributed by atoms with Crippen molar-refractivity contribution in [1.29, 1.82) is 0 Å². The number of rotatable bonds is 12. The van der Waals surface area contributed by atoms with Crippen molar-refractivity contribution in [1.82, 2.24) is 10.0 Å². The smallest absolute Gasteiger partial charge is 0.136 e. The fourth-order valence-corrected chi connectivity index (χ4v) is 5.15. The molecule has 3 unspecified atom stereocenters. The van der Waals surface area contributed by atoms with E-state index in [0.717, 1.165) is 37.1 Å². The predicted molar refractivity (Wildman–Crippen MR) is 129 cm³/mol. The van der Waals surface area contributed by atoms with Crippen LogP contribution in [0.1, 0.15) is 85.1 Å². The van der Waals surface area contributed by atoms with Crippen molar-refractivity contribution in [2.24, 2.45) is 5.92 Å². The molecule has 1 aliphatic carbocycles. The van der Waals surface area contributed by atoms with Gasteiger partial charge in [-0.2, -0.15) is 0 Å². The molecule has 3 atom stereocenters.